The zero-order valence-corrected chi connectivity index (χ0v) is 13.5. The second-order valence-electron chi connectivity index (χ2n) is 5.37. The highest BCUT2D eigenvalue weighted by Gasteiger charge is 2.26. The Bertz CT molecular complexity index is 766. The molecule has 1 aliphatic carbocycles. The third kappa shape index (κ3) is 2.94. The van der Waals surface area contributed by atoms with E-state index in [2.05, 4.69) is 5.32 Å². The van der Waals surface area contributed by atoms with Gasteiger partial charge in [0.25, 0.3) is 5.91 Å². The van der Waals surface area contributed by atoms with E-state index in [1.54, 1.807) is 24.3 Å². The molecule has 0 radical (unpaired) electrons. The molecule has 0 unspecified atom stereocenters. The number of nitrogens with one attached hydrogen (secondary N) is 1. The lowest BCUT2D eigenvalue weighted by Gasteiger charge is -2.11. The largest absolute Gasteiger partial charge is 0.496 e. The van der Waals surface area contributed by atoms with Gasteiger partial charge >= 0.3 is 5.97 Å². The van der Waals surface area contributed by atoms with Crippen molar-refractivity contribution in [1.29, 1.82) is 0 Å². The summed E-state index contributed by atoms with van der Waals surface area (Å²) >= 11 is 1.37. The number of ether oxygens (including phenoxy) is 1. The summed E-state index contributed by atoms with van der Waals surface area (Å²) < 4.78 is 5.19. The molecule has 2 N–H and O–H groups in total. The van der Waals surface area contributed by atoms with Crippen molar-refractivity contribution in [2.75, 3.05) is 12.4 Å². The second kappa shape index (κ2) is 6.42. The first-order valence-corrected chi connectivity index (χ1v) is 8.25. The fourth-order valence-electron chi connectivity index (χ4n) is 2.88. The maximum Gasteiger partial charge on any atom is 0.339 e. The van der Waals surface area contributed by atoms with E-state index < -0.39 is 5.97 Å². The van der Waals surface area contributed by atoms with E-state index in [1.807, 2.05) is 0 Å². The van der Waals surface area contributed by atoms with E-state index in [0.717, 1.165) is 36.1 Å². The quantitative estimate of drug-likeness (QED) is 0.898. The van der Waals surface area contributed by atoms with Crippen molar-refractivity contribution in [3.63, 3.8) is 0 Å². The standard InChI is InChI=1S/C17H17NO4S/c1-22-12-8-4-2-6-10(12)15(19)18-16-14(17(20)21)11-7-3-5-9-13(11)23-16/h2,4,6,8H,3,5,7,9H2,1H3,(H,18,19)(H,20,21). The van der Waals surface area contributed by atoms with Gasteiger partial charge in [0.2, 0.25) is 0 Å². The number of hydrogen-bond donors (Lipinski definition) is 2. The first-order valence-electron chi connectivity index (χ1n) is 7.44. The first-order chi connectivity index (χ1) is 11.1. The van der Waals surface area contributed by atoms with Gasteiger partial charge in [-0.2, -0.15) is 0 Å². The Balaban J connectivity index is 1.95. The maximum absolute atomic E-state index is 12.5. The van der Waals surface area contributed by atoms with Gasteiger partial charge in [-0.05, 0) is 43.4 Å². The number of aromatic carboxylic acids is 1. The van der Waals surface area contributed by atoms with Crippen LogP contribution in [-0.4, -0.2) is 24.1 Å². The Labute approximate surface area is 137 Å². The van der Waals surface area contributed by atoms with E-state index >= 15 is 0 Å². The van der Waals surface area contributed by atoms with Gasteiger partial charge in [0.1, 0.15) is 10.8 Å². The number of carbonyl (C=O) groups excluding carboxylic acids is 1. The molecule has 3 rings (SSSR count). The van der Waals surface area contributed by atoms with E-state index in [0.29, 0.717) is 16.3 Å². The van der Waals surface area contributed by atoms with Crippen molar-refractivity contribution in [2.24, 2.45) is 0 Å². The number of benzene rings is 1. The highest BCUT2D eigenvalue weighted by atomic mass is 32.1. The zero-order valence-electron chi connectivity index (χ0n) is 12.7. The minimum absolute atomic E-state index is 0.243. The number of anilines is 1. The Morgan fingerprint density at radius 2 is 1.96 bits per heavy atom. The molecule has 2 aromatic rings. The molecule has 0 atom stereocenters. The van der Waals surface area contributed by atoms with Gasteiger partial charge in [-0.3, -0.25) is 4.79 Å². The number of methoxy groups -OCH3 is 1. The molecule has 23 heavy (non-hydrogen) atoms. The lowest BCUT2D eigenvalue weighted by molar-refractivity contribution is 0.0697. The second-order valence-corrected chi connectivity index (χ2v) is 6.48. The number of carbonyl (C=O) groups is 2. The van der Waals surface area contributed by atoms with Crippen LogP contribution in [0.25, 0.3) is 0 Å². The van der Waals surface area contributed by atoms with Crippen molar-refractivity contribution >= 4 is 28.2 Å². The van der Waals surface area contributed by atoms with Crippen LogP contribution in [0, 0.1) is 0 Å². The van der Waals surface area contributed by atoms with E-state index in [9.17, 15) is 14.7 Å². The maximum atomic E-state index is 12.5. The molecule has 1 amide bonds. The van der Waals surface area contributed by atoms with Crippen LogP contribution in [0.3, 0.4) is 0 Å². The number of fused-ring (bicyclic) bond motifs is 1. The summed E-state index contributed by atoms with van der Waals surface area (Å²) in [5.41, 5.74) is 1.51. The van der Waals surface area contributed by atoms with Crippen molar-refractivity contribution in [3.05, 3.63) is 45.8 Å². The fourth-order valence-corrected chi connectivity index (χ4v) is 4.16. The Morgan fingerprint density at radius 3 is 2.70 bits per heavy atom. The van der Waals surface area contributed by atoms with Crippen LogP contribution in [0.2, 0.25) is 0 Å². The minimum atomic E-state index is -0.986. The van der Waals surface area contributed by atoms with Gasteiger partial charge in [0.15, 0.2) is 0 Å². The van der Waals surface area contributed by atoms with Crippen molar-refractivity contribution in [1.82, 2.24) is 0 Å². The van der Waals surface area contributed by atoms with Crippen LogP contribution in [0.1, 0.15) is 44.0 Å². The van der Waals surface area contributed by atoms with E-state index in [4.69, 9.17) is 4.74 Å². The molecule has 0 saturated heterocycles. The zero-order chi connectivity index (χ0) is 16.4. The van der Waals surface area contributed by atoms with Gasteiger partial charge < -0.3 is 15.2 Å². The summed E-state index contributed by atoms with van der Waals surface area (Å²) in [5.74, 6) is -0.883. The van der Waals surface area contributed by atoms with Crippen molar-refractivity contribution in [2.45, 2.75) is 25.7 Å². The summed E-state index contributed by atoms with van der Waals surface area (Å²) in [6.45, 7) is 0. The van der Waals surface area contributed by atoms with Crippen LogP contribution >= 0.6 is 11.3 Å². The number of carboxylic acid groups (broad SMARTS) is 1. The molecule has 1 heterocycles. The van der Waals surface area contributed by atoms with Gasteiger partial charge in [-0.15, -0.1) is 11.3 Å². The monoisotopic (exact) mass is 331 g/mol. The molecule has 1 aromatic carbocycles. The van der Waals surface area contributed by atoms with Crippen LogP contribution in [-0.2, 0) is 12.8 Å². The predicted molar refractivity (Wildman–Crippen MR) is 88.9 cm³/mol. The number of thiophene rings is 1. The summed E-state index contributed by atoms with van der Waals surface area (Å²) in [5, 5.41) is 12.7. The lowest BCUT2D eigenvalue weighted by Crippen LogP contribution is -2.15. The molecule has 0 saturated carbocycles. The summed E-state index contributed by atoms with van der Waals surface area (Å²) in [4.78, 5) is 25.2. The molecule has 0 spiro atoms. The Morgan fingerprint density at radius 1 is 1.22 bits per heavy atom. The molecular formula is C17H17NO4S. The van der Waals surface area contributed by atoms with Crippen molar-refractivity contribution < 1.29 is 19.4 Å². The average Bonchev–Trinajstić information content (AvgIpc) is 2.92. The predicted octanol–water partition coefficient (Wildman–Crippen LogP) is 3.59. The number of para-hydroxylation sites is 1. The fraction of sp³-hybridized carbons (Fsp3) is 0.294. The van der Waals surface area contributed by atoms with Gasteiger partial charge in [-0.1, -0.05) is 12.1 Å². The molecule has 1 aromatic heterocycles. The molecule has 5 nitrogen and oxygen atoms in total. The number of amides is 1. The smallest absolute Gasteiger partial charge is 0.339 e. The molecular weight excluding hydrogens is 314 g/mol. The normalized spacial score (nSPS) is 13.3. The number of aryl methyl sites for hydroxylation is 1. The Hall–Kier alpha value is -2.34. The number of hydrogen-bond acceptors (Lipinski definition) is 4. The Kier molecular flexibility index (Phi) is 4.34. The average molecular weight is 331 g/mol. The van der Waals surface area contributed by atoms with Crippen LogP contribution in [0.4, 0.5) is 5.00 Å². The summed E-state index contributed by atoms with van der Waals surface area (Å²) in [7, 11) is 1.50. The molecule has 0 aliphatic heterocycles. The van der Waals surface area contributed by atoms with Gasteiger partial charge in [-0.25, -0.2) is 4.79 Å². The molecule has 0 fully saturated rings. The summed E-state index contributed by atoms with van der Waals surface area (Å²) in [6.07, 6.45) is 3.69. The topological polar surface area (TPSA) is 75.6 Å². The third-order valence-electron chi connectivity index (χ3n) is 3.96. The highest BCUT2D eigenvalue weighted by molar-refractivity contribution is 7.17. The molecule has 1 aliphatic rings. The molecule has 0 bridgehead atoms. The molecule has 6 heteroatoms. The minimum Gasteiger partial charge on any atom is -0.496 e. The van der Waals surface area contributed by atoms with Crippen molar-refractivity contribution in [3.8, 4) is 5.75 Å². The van der Waals surface area contributed by atoms with Crippen LogP contribution in [0.5, 0.6) is 5.75 Å². The van der Waals surface area contributed by atoms with Gasteiger partial charge in [0.05, 0.1) is 18.2 Å². The van der Waals surface area contributed by atoms with E-state index in [-0.39, 0.29) is 11.5 Å². The number of rotatable bonds is 4. The van der Waals surface area contributed by atoms with Crippen LogP contribution < -0.4 is 10.1 Å². The first kappa shape index (κ1) is 15.6. The summed E-state index contributed by atoms with van der Waals surface area (Å²) in [6, 6.07) is 6.88. The SMILES string of the molecule is COc1ccccc1C(=O)Nc1sc2c(c1C(=O)O)CCCC2. The number of carboxylic acids is 1. The van der Waals surface area contributed by atoms with E-state index in [1.165, 1.54) is 18.4 Å². The highest BCUT2D eigenvalue weighted by Crippen LogP contribution is 2.38. The molecule has 120 valence electrons. The van der Waals surface area contributed by atoms with Crippen LogP contribution in [0.15, 0.2) is 24.3 Å². The third-order valence-corrected chi connectivity index (χ3v) is 5.17. The van der Waals surface area contributed by atoms with Gasteiger partial charge in [0, 0.05) is 4.88 Å². The lowest BCUT2D eigenvalue weighted by atomic mass is 9.95.